The van der Waals surface area contributed by atoms with Crippen molar-refractivity contribution in [3.8, 4) is 0 Å². The molecule has 0 radical (unpaired) electrons. The van der Waals surface area contributed by atoms with E-state index in [4.69, 9.17) is 4.74 Å². The lowest BCUT2D eigenvalue weighted by Crippen LogP contribution is -2.38. The molecule has 1 aromatic rings. The SMILES string of the molecule is O=C(Nc1cc(C(F)(F)F)ccc1N1CCCC1)NC1CCCOCC1. The van der Waals surface area contributed by atoms with Crippen molar-refractivity contribution in [1.82, 2.24) is 5.32 Å². The van der Waals surface area contributed by atoms with Crippen LogP contribution >= 0.6 is 0 Å². The van der Waals surface area contributed by atoms with Crippen molar-refractivity contribution in [3.05, 3.63) is 23.8 Å². The highest BCUT2D eigenvalue weighted by Crippen LogP contribution is 2.36. The van der Waals surface area contributed by atoms with Gasteiger partial charge in [-0.3, -0.25) is 0 Å². The molecule has 2 N–H and O–H groups in total. The molecule has 0 bridgehead atoms. The van der Waals surface area contributed by atoms with Gasteiger partial charge >= 0.3 is 12.2 Å². The average molecular weight is 371 g/mol. The van der Waals surface area contributed by atoms with Crippen molar-refractivity contribution in [3.63, 3.8) is 0 Å². The summed E-state index contributed by atoms with van der Waals surface area (Å²) in [4.78, 5) is 14.4. The van der Waals surface area contributed by atoms with Crippen molar-refractivity contribution in [2.45, 2.75) is 44.3 Å². The lowest BCUT2D eigenvalue weighted by molar-refractivity contribution is -0.137. The standard InChI is InChI=1S/C18H24F3N3O2/c19-18(20,21)13-5-6-16(24-8-1-2-9-24)15(12-13)23-17(25)22-14-4-3-10-26-11-7-14/h5-6,12,14H,1-4,7-11H2,(H2,22,23,25). The summed E-state index contributed by atoms with van der Waals surface area (Å²) >= 11 is 0. The zero-order chi connectivity index (χ0) is 18.6. The van der Waals surface area contributed by atoms with E-state index in [0.29, 0.717) is 25.3 Å². The smallest absolute Gasteiger partial charge is 0.381 e. The number of hydrogen-bond acceptors (Lipinski definition) is 3. The van der Waals surface area contributed by atoms with Gasteiger partial charge in [0.05, 0.1) is 16.9 Å². The first-order valence-corrected chi connectivity index (χ1v) is 9.05. The van der Waals surface area contributed by atoms with E-state index in [0.717, 1.165) is 50.9 Å². The van der Waals surface area contributed by atoms with Crippen LogP contribution in [0.3, 0.4) is 0 Å². The third-order valence-corrected chi connectivity index (χ3v) is 4.81. The minimum absolute atomic E-state index is 0.0291. The first-order chi connectivity index (χ1) is 12.4. The summed E-state index contributed by atoms with van der Waals surface area (Å²) < 4.78 is 44.6. The molecule has 1 unspecified atom stereocenters. The molecule has 0 aliphatic carbocycles. The molecule has 1 aromatic carbocycles. The van der Waals surface area contributed by atoms with Crippen LogP contribution in [0, 0.1) is 0 Å². The van der Waals surface area contributed by atoms with Crippen LogP contribution in [0.25, 0.3) is 0 Å². The summed E-state index contributed by atoms with van der Waals surface area (Å²) in [6.45, 7) is 2.81. The largest absolute Gasteiger partial charge is 0.416 e. The fourth-order valence-corrected chi connectivity index (χ4v) is 3.44. The van der Waals surface area contributed by atoms with Crippen LogP contribution in [-0.4, -0.2) is 38.4 Å². The highest BCUT2D eigenvalue weighted by Gasteiger charge is 2.32. The Kier molecular flexibility index (Phi) is 5.90. The molecule has 8 heteroatoms. The van der Waals surface area contributed by atoms with Crippen LogP contribution < -0.4 is 15.5 Å². The Labute approximate surface area is 150 Å². The Morgan fingerprint density at radius 3 is 2.62 bits per heavy atom. The lowest BCUT2D eigenvalue weighted by atomic mass is 10.1. The molecule has 2 aliphatic rings. The first kappa shape index (κ1) is 18.8. The maximum Gasteiger partial charge on any atom is 0.416 e. The zero-order valence-electron chi connectivity index (χ0n) is 14.6. The molecular weight excluding hydrogens is 347 g/mol. The predicted octanol–water partition coefficient (Wildman–Crippen LogP) is 4.00. The van der Waals surface area contributed by atoms with E-state index in [1.54, 1.807) is 0 Å². The van der Waals surface area contributed by atoms with Crippen molar-refractivity contribution < 1.29 is 22.7 Å². The van der Waals surface area contributed by atoms with E-state index >= 15 is 0 Å². The number of alkyl halides is 3. The molecule has 0 saturated carbocycles. The first-order valence-electron chi connectivity index (χ1n) is 9.05. The molecule has 2 aliphatic heterocycles. The van der Waals surface area contributed by atoms with Gasteiger partial charge in [-0.2, -0.15) is 13.2 Å². The molecule has 144 valence electrons. The van der Waals surface area contributed by atoms with Crippen LogP contribution in [0.2, 0.25) is 0 Å². The Morgan fingerprint density at radius 2 is 1.88 bits per heavy atom. The second-order valence-electron chi connectivity index (χ2n) is 6.76. The van der Waals surface area contributed by atoms with Crippen LogP contribution in [0.1, 0.15) is 37.7 Å². The van der Waals surface area contributed by atoms with E-state index in [-0.39, 0.29) is 11.7 Å². The molecule has 1 atom stereocenters. The van der Waals surface area contributed by atoms with Crippen molar-refractivity contribution in [2.24, 2.45) is 0 Å². The van der Waals surface area contributed by atoms with Gasteiger partial charge in [0.15, 0.2) is 0 Å². The topological polar surface area (TPSA) is 53.6 Å². The third kappa shape index (κ3) is 4.81. The molecular formula is C18H24F3N3O2. The molecule has 26 heavy (non-hydrogen) atoms. The van der Waals surface area contributed by atoms with Gasteiger partial charge in [0.1, 0.15) is 0 Å². The van der Waals surface area contributed by atoms with Gasteiger partial charge < -0.3 is 20.3 Å². The average Bonchev–Trinajstić information content (AvgIpc) is 2.99. The molecule has 2 heterocycles. The van der Waals surface area contributed by atoms with Crippen LogP contribution in [0.15, 0.2) is 18.2 Å². The van der Waals surface area contributed by atoms with E-state index in [2.05, 4.69) is 10.6 Å². The molecule has 3 rings (SSSR count). The Bertz CT molecular complexity index is 623. The molecule has 5 nitrogen and oxygen atoms in total. The number of anilines is 2. The minimum atomic E-state index is -4.45. The number of carbonyl (C=O) groups is 1. The van der Waals surface area contributed by atoms with Gasteiger partial charge in [-0.15, -0.1) is 0 Å². The molecule has 2 saturated heterocycles. The quantitative estimate of drug-likeness (QED) is 0.845. The highest BCUT2D eigenvalue weighted by molar-refractivity contribution is 5.93. The number of nitrogens with one attached hydrogen (secondary N) is 2. The summed E-state index contributed by atoms with van der Waals surface area (Å²) in [5.41, 5.74) is 0.0672. The number of nitrogens with zero attached hydrogens (tertiary/aromatic N) is 1. The minimum Gasteiger partial charge on any atom is -0.381 e. The van der Waals surface area contributed by atoms with Crippen molar-refractivity contribution in [1.29, 1.82) is 0 Å². The van der Waals surface area contributed by atoms with E-state index < -0.39 is 17.8 Å². The maximum absolute atomic E-state index is 13.1. The highest BCUT2D eigenvalue weighted by atomic mass is 19.4. The summed E-state index contributed by atoms with van der Waals surface area (Å²) in [5.74, 6) is 0. The second kappa shape index (κ2) is 8.16. The zero-order valence-corrected chi connectivity index (χ0v) is 14.6. The Balaban J connectivity index is 1.75. The monoisotopic (exact) mass is 371 g/mol. The van der Waals surface area contributed by atoms with Gasteiger partial charge in [-0.25, -0.2) is 4.79 Å². The Morgan fingerprint density at radius 1 is 1.12 bits per heavy atom. The fraction of sp³-hybridized carbons (Fsp3) is 0.611. The number of amides is 2. The number of benzene rings is 1. The van der Waals surface area contributed by atoms with Crippen LogP contribution in [0.5, 0.6) is 0 Å². The maximum atomic E-state index is 13.1. The summed E-state index contributed by atoms with van der Waals surface area (Å²) in [5, 5.41) is 5.49. The molecule has 0 spiro atoms. The van der Waals surface area contributed by atoms with Crippen LogP contribution in [-0.2, 0) is 10.9 Å². The third-order valence-electron chi connectivity index (χ3n) is 4.81. The summed E-state index contributed by atoms with van der Waals surface area (Å²) in [7, 11) is 0. The number of ether oxygens (including phenoxy) is 1. The predicted molar refractivity (Wildman–Crippen MR) is 93.5 cm³/mol. The number of rotatable bonds is 3. The summed E-state index contributed by atoms with van der Waals surface area (Å²) in [6, 6.07) is 3.03. The van der Waals surface area contributed by atoms with Crippen molar-refractivity contribution >= 4 is 17.4 Å². The number of urea groups is 1. The lowest BCUT2D eigenvalue weighted by Gasteiger charge is -2.24. The number of hydrogen-bond donors (Lipinski definition) is 2. The van der Waals surface area contributed by atoms with E-state index in [1.807, 2.05) is 4.90 Å². The molecule has 2 amide bonds. The second-order valence-corrected chi connectivity index (χ2v) is 6.76. The van der Waals surface area contributed by atoms with Gasteiger partial charge in [0, 0.05) is 32.3 Å². The van der Waals surface area contributed by atoms with Crippen LogP contribution in [0.4, 0.5) is 29.3 Å². The van der Waals surface area contributed by atoms with Gasteiger partial charge in [-0.1, -0.05) is 0 Å². The van der Waals surface area contributed by atoms with E-state index in [1.165, 1.54) is 6.07 Å². The number of halogens is 3. The summed E-state index contributed by atoms with van der Waals surface area (Å²) in [6.07, 6.45) is -0.101. The van der Waals surface area contributed by atoms with E-state index in [9.17, 15) is 18.0 Å². The van der Waals surface area contributed by atoms with Gasteiger partial charge in [0.25, 0.3) is 0 Å². The van der Waals surface area contributed by atoms with Crippen molar-refractivity contribution in [2.75, 3.05) is 36.5 Å². The fourth-order valence-electron chi connectivity index (χ4n) is 3.44. The number of carbonyl (C=O) groups excluding carboxylic acids is 1. The normalized spacial score (nSPS) is 21.3. The van der Waals surface area contributed by atoms with Gasteiger partial charge in [0.2, 0.25) is 0 Å². The molecule has 2 fully saturated rings. The Hall–Kier alpha value is -1.96. The van der Waals surface area contributed by atoms with Gasteiger partial charge in [-0.05, 0) is 50.3 Å². The molecule has 0 aromatic heterocycles.